The number of nitrogens with zero attached hydrogens (tertiary/aromatic N) is 2. The minimum atomic E-state index is 0.269. The Kier molecular flexibility index (Phi) is 6.16. The molecule has 2 aromatic rings. The zero-order chi connectivity index (χ0) is 15.9. The van der Waals surface area contributed by atoms with Crippen LogP contribution < -0.4 is 0 Å². The second-order valence-electron chi connectivity index (χ2n) is 5.87. The molecule has 0 saturated carbocycles. The molecule has 0 N–H and O–H groups in total. The number of likely N-dealkylation sites (tertiary alicyclic amines) is 1. The lowest BCUT2D eigenvalue weighted by molar-refractivity contribution is -0.00122. The summed E-state index contributed by atoms with van der Waals surface area (Å²) in [6.45, 7) is 3.41. The van der Waals surface area contributed by atoms with Gasteiger partial charge in [0.15, 0.2) is 0 Å². The first-order valence-corrected chi connectivity index (χ1v) is 9.00. The summed E-state index contributed by atoms with van der Waals surface area (Å²) < 4.78 is 11.2. The van der Waals surface area contributed by atoms with E-state index < -0.39 is 0 Å². The first-order chi connectivity index (χ1) is 11.4. The summed E-state index contributed by atoms with van der Waals surface area (Å²) >= 11 is 1.83. The maximum absolute atomic E-state index is 6.09. The minimum Gasteiger partial charge on any atom is -0.382 e. The molecule has 0 radical (unpaired) electrons. The molecule has 23 heavy (non-hydrogen) atoms. The maximum atomic E-state index is 6.09. The van der Waals surface area contributed by atoms with Gasteiger partial charge in [-0.25, -0.2) is 0 Å². The topological polar surface area (TPSA) is 34.6 Å². The van der Waals surface area contributed by atoms with Crippen LogP contribution in [-0.2, 0) is 22.4 Å². The Bertz CT molecular complexity index is 562. The average molecular weight is 332 g/mol. The fourth-order valence-corrected chi connectivity index (χ4v) is 3.91. The van der Waals surface area contributed by atoms with Gasteiger partial charge in [0.1, 0.15) is 0 Å². The highest BCUT2D eigenvalue weighted by atomic mass is 32.1. The van der Waals surface area contributed by atoms with E-state index in [1.807, 2.05) is 29.8 Å². The zero-order valence-corrected chi connectivity index (χ0v) is 14.4. The molecule has 0 spiro atoms. The third kappa shape index (κ3) is 4.61. The summed E-state index contributed by atoms with van der Waals surface area (Å²) in [5, 5.41) is 2.15. The van der Waals surface area contributed by atoms with Crippen molar-refractivity contribution in [2.45, 2.75) is 31.5 Å². The van der Waals surface area contributed by atoms with Crippen LogP contribution in [0.3, 0.4) is 0 Å². The van der Waals surface area contributed by atoms with Gasteiger partial charge in [0, 0.05) is 43.5 Å². The first kappa shape index (κ1) is 16.6. The Hall–Kier alpha value is -1.27. The van der Waals surface area contributed by atoms with Crippen molar-refractivity contribution in [1.82, 2.24) is 9.88 Å². The normalized spacial score (nSPS) is 21.8. The molecule has 0 bridgehead atoms. The predicted molar refractivity (Wildman–Crippen MR) is 92.7 cm³/mol. The Morgan fingerprint density at radius 3 is 3.00 bits per heavy atom. The Balaban J connectivity index is 1.67. The molecule has 1 fully saturated rings. The van der Waals surface area contributed by atoms with Crippen LogP contribution >= 0.6 is 11.3 Å². The standard InChI is InChI=1S/C18H24N2O2S/c1-21-9-10-22-18-6-8-20(14-16-5-3-11-23-16)17(18)12-15-4-2-7-19-13-15/h2-5,7,11,13,17-18H,6,8-10,12,14H2,1H3/t17-,18+/m0/s1. The van der Waals surface area contributed by atoms with Crippen molar-refractivity contribution < 1.29 is 9.47 Å². The van der Waals surface area contributed by atoms with Crippen molar-refractivity contribution in [2.24, 2.45) is 0 Å². The minimum absolute atomic E-state index is 0.269. The van der Waals surface area contributed by atoms with E-state index in [1.54, 1.807) is 7.11 Å². The summed E-state index contributed by atoms with van der Waals surface area (Å²) in [6.07, 6.45) is 6.13. The van der Waals surface area contributed by atoms with Gasteiger partial charge in [0.25, 0.3) is 0 Å². The monoisotopic (exact) mass is 332 g/mol. The molecule has 0 unspecified atom stereocenters. The van der Waals surface area contributed by atoms with Crippen LogP contribution in [0, 0.1) is 0 Å². The summed E-state index contributed by atoms with van der Waals surface area (Å²) in [5.41, 5.74) is 1.27. The van der Waals surface area contributed by atoms with Gasteiger partial charge in [-0.3, -0.25) is 9.88 Å². The summed E-state index contributed by atoms with van der Waals surface area (Å²) in [7, 11) is 1.72. The summed E-state index contributed by atoms with van der Waals surface area (Å²) in [5.74, 6) is 0. The van der Waals surface area contributed by atoms with Crippen LogP contribution in [-0.4, -0.2) is 48.9 Å². The second-order valence-corrected chi connectivity index (χ2v) is 6.91. The zero-order valence-electron chi connectivity index (χ0n) is 13.6. The summed E-state index contributed by atoms with van der Waals surface area (Å²) in [6, 6.07) is 8.90. The van der Waals surface area contributed by atoms with Crippen LogP contribution in [0.5, 0.6) is 0 Å². The van der Waals surface area contributed by atoms with Crippen LogP contribution in [0.1, 0.15) is 16.9 Å². The van der Waals surface area contributed by atoms with Crippen molar-refractivity contribution >= 4 is 11.3 Å². The van der Waals surface area contributed by atoms with E-state index in [-0.39, 0.29) is 6.10 Å². The van der Waals surface area contributed by atoms with Crippen molar-refractivity contribution in [2.75, 3.05) is 26.9 Å². The van der Waals surface area contributed by atoms with Gasteiger partial charge < -0.3 is 9.47 Å². The number of rotatable bonds is 8. The van der Waals surface area contributed by atoms with E-state index in [0.29, 0.717) is 19.3 Å². The van der Waals surface area contributed by atoms with Crippen LogP contribution in [0.4, 0.5) is 0 Å². The van der Waals surface area contributed by atoms with Gasteiger partial charge in [-0.05, 0) is 35.9 Å². The number of thiophene rings is 1. The van der Waals surface area contributed by atoms with E-state index >= 15 is 0 Å². The molecule has 2 aromatic heterocycles. The van der Waals surface area contributed by atoms with Crippen molar-refractivity contribution in [3.8, 4) is 0 Å². The SMILES string of the molecule is COCCO[C@@H]1CCN(Cc2cccs2)[C@H]1Cc1cccnc1. The van der Waals surface area contributed by atoms with E-state index in [9.17, 15) is 0 Å². The van der Waals surface area contributed by atoms with E-state index in [2.05, 4.69) is 33.5 Å². The maximum Gasteiger partial charge on any atom is 0.0746 e. The fourth-order valence-electron chi connectivity index (χ4n) is 3.18. The van der Waals surface area contributed by atoms with Gasteiger partial charge in [0.2, 0.25) is 0 Å². The molecule has 1 saturated heterocycles. The highest BCUT2D eigenvalue weighted by molar-refractivity contribution is 7.09. The smallest absolute Gasteiger partial charge is 0.0746 e. The molecule has 5 heteroatoms. The molecule has 0 aromatic carbocycles. The Labute approximate surface area is 142 Å². The molecule has 4 nitrogen and oxygen atoms in total. The van der Waals surface area contributed by atoms with Crippen molar-refractivity contribution in [1.29, 1.82) is 0 Å². The molecule has 3 rings (SSSR count). The lowest BCUT2D eigenvalue weighted by atomic mass is 10.0. The Morgan fingerprint density at radius 2 is 2.26 bits per heavy atom. The van der Waals surface area contributed by atoms with E-state index in [1.165, 1.54) is 10.4 Å². The van der Waals surface area contributed by atoms with E-state index in [4.69, 9.17) is 9.47 Å². The average Bonchev–Trinajstić information content (AvgIpc) is 3.21. The quantitative estimate of drug-likeness (QED) is 0.696. The predicted octanol–water partition coefficient (Wildman–Crippen LogP) is 2.99. The van der Waals surface area contributed by atoms with Crippen LogP contribution in [0.2, 0.25) is 0 Å². The van der Waals surface area contributed by atoms with Crippen molar-refractivity contribution in [3.05, 3.63) is 52.5 Å². The number of aromatic nitrogens is 1. The van der Waals surface area contributed by atoms with Gasteiger partial charge in [-0.2, -0.15) is 0 Å². The largest absolute Gasteiger partial charge is 0.382 e. The molecule has 3 heterocycles. The van der Waals surface area contributed by atoms with Crippen LogP contribution in [0.15, 0.2) is 42.0 Å². The van der Waals surface area contributed by atoms with Gasteiger partial charge in [-0.15, -0.1) is 11.3 Å². The molecule has 0 amide bonds. The molecular weight excluding hydrogens is 308 g/mol. The highest BCUT2D eigenvalue weighted by Crippen LogP contribution is 2.27. The van der Waals surface area contributed by atoms with Gasteiger partial charge in [-0.1, -0.05) is 12.1 Å². The summed E-state index contributed by atoms with van der Waals surface area (Å²) in [4.78, 5) is 8.22. The van der Waals surface area contributed by atoms with Crippen molar-refractivity contribution in [3.63, 3.8) is 0 Å². The molecule has 2 atom stereocenters. The molecule has 1 aliphatic rings. The highest BCUT2D eigenvalue weighted by Gasteiger charge is 2.34. The molecule has 1 aliphatic heterocycles. The third-order valence-electron chi connectivity index (χ3n) is 4.33. The van der Waals surface area contributed by atoms with Crippen LogP contribution in [0.25, 0.3) is 0 Å². The number of hydrogen-bond acceptors (Lipinski definition) is 5. The lowest BCUT2D eigenvalue weighted by Gasteiger charge is -2.28. The Morgan fingerprint density at radius 1 is 1.30 bits per heavy atom. The lowest BCUT2D eigenvalue weighted by Crippen LogP contribution is -2.38. The molecule has 124 valence electrons. The van der Waals surface area contributed by atoms with Gasteiger partial charge in [0.05, 0.1) is 19.3 Å². The number of pyridine rings is 1. The van der Waals surface area contributed by atoms with E-state index in [0.717, 1.165) is 25.9 Å². The third-order valence-corrected chi connectivity index (χ3v) is 5.19. The van der Waals surface area contributed by atoms with Gasteiger partial charge >= 0.3 is 0 Å². The number of methoxy groups -OCH3 is 1. The second kappa shape index (κ2) is 8.55. The number of ether oxygens (including phenoxy) is 2. The molecule has 0 aliphatic carbocycles. The molecular formula is C18H24N2O2S. The number of hydrogen-bond donors (Lipinski definition) is 0. The first-order valence-electron chi connectivity index (χ1n) is 8.12. The fraction of sp³-hybridized carbons (Fsp3) is 0.500.